The van der Waals surface area contributed by atoms with Gasteiger partial charge in [0.05, 0.1) is 21.4 Å². The number of aromatic nitrogens is 1. The third-order valence-corrected chi connectivity index (χ3v) is 4.82. The van der Waals surface area contributed by atoms with Crippen LogP contribution in [0.5, 0.6) is 5.75 Å². The van der Waals surface area contributed by atoms with Gasteiger partial charge in [-0.25, -0.2) is 4.98 Å². The van der Waals surface area contributed by atoms with Gasteiger partial charge in [-0.05, 0) is 43.3 Å². The zero-order valence-electron chi connectivity index (χ0n) is 15.3. The summed E-state index contributed by atoms with van der Waals surface area (Å²) in [6, 6.07) is 11.8. The van der Waals surface area contributed by atoms with Crippen LogP contribution in [-0.2, 0) is 11.4 Å². The van der Waals surface area contributed by atoms with E-state index in [1.165, 1.54) is 6.92 Å². The second-order valence-corrected chi connectivity index (χ2v) is 7.47. The number of halogens is 1. The summed E-state index contributed by atoms with van der Waals surface area (Å²) in [5.41, 5.74) is 2.30. The molecule has 0 unspecified atom stereocenters. The van der Waals surface area contributed by atoms with Crippen molar-refractivity contribution in [2.24, 2.45) is 0 Å². The van der Waals surface area contributed by atoms with Gasteiger partial charge >= 0.3 is 0 Å². The van der Waals surface area contributed by atoms with Gasteiger partial charge < -0.3 is 15.4 Å². The van der Waals surface area contributed by atoms with Crippen LogP contribution in [0, 0.1) is 6.92 Å². The molecule has 1 heterocycles. The van der Waals surface area contributed by atoms with Crippen LogP contribution in [0.25, 0.3) is 0 Å². The first-order valence-corrected chi connectivity index (χ1v) is 9.69. The third kappa shape index (κ3) is 5.31. The largest absolute Gasteiger partial charge is 0.487 e. The molecule has 6 nitrogen and oxygen atoms in total. The van der Waals surface area contributed by atoms with E-state index in [4.69, 9.17) is 16.3 Å². The first-order chi connectivity index (χ1) is 13.4. The van der Waals surface area contributed by atoms with E-state index in [-0.39, 0.29) is 11.8 Å². The zero-order valence-corrected chi connectivity index (χ0v) is 16.9. The lowest BCUT2D eigenvalue weighted by Gasteiger charge is -2.10. The van der Waals surface area contributed by atoms with E-state index in [1.54, 1.807) is 53.8 Å². The Hall–Kier alpha value is -2.90. The Balaban J connectivity index is 1.66. The topological polar surface area (TPSA) is 80.3 Å². The fourth-order valence-corrected chi connectivity index (χ4v) is 3.28. The van der Waals surface area contributed by atoms with Crippen molar-refractivity contribution in [3.05, 3.63) is 69.1 Å². The quantitative estimate of drug-likeness (QED) is 0.600. The second kappa shape index (κ2) is 8.86. The van der Waals surface area contributed by atoms with Crippen LogP contribution in [0.1, 0.15) is 28.0 Å². The number of aryl methyl sites for hydroxylation is 1. The molecule has 28 heavy (non-hydrogen) atoms. The van der Waals surface area contributed by atoms with Crippen LogP contribution in [0.2, 0.25) is 5.02 Å². The van der Waals surface area contributed by atoms with Crippen molar-refractivity contribution < 1.29 is 14.3 Å². The molecule has 0 aliphatic heterocycles. The molecule has 0 saturated carbocycles. The minimum atomic E-state index is -0.316. The smallest absolute Gasteiger partial charge is 0.255 e. The van der Waals surface area contributed by atoms with E-state index in [0.717, 1.165) is 10.7 Å². The number of benzene rings is 2. The molecule has 0 spiro atoms. The number of ether oxygens (including phenoxy) is 1. The fraction of sp³-hybridized carbons (Fsp3) is 0.150. The molecule has 2 amide bonds. The number of anilines is 2. The normalized spacial score (nSPS) is 10.4. The summed E-state index contributed by atoms with van der Waals surface area (Å²) in [5.74, 6) is 0.0621. The Kier molecular flexibility index (Phi) is 6.28. The highest BCUT2D eigenvalue weighted by Gasteiger charge is 2.11. The van der Waals surface area contributed by atoms with E-state index in [0.29, 0.717) is 34.3 Å². The molecule has 2 N–H and O–H groups in total. The van der Waals surface area contributed by atoms with Gasteiger partial charge in [-0.15, -0.1) is 11.3 Å². The van der Waals surface area contributed by atoms with Crippen molar-refractivity contribution in [3.8, 4) is 5.75 Å². The SMILES string of the molecule is CC(=O)Nc1ccc(NC(=O)c2cccc(OCc3csc(C)n3)c2)c(Cl)c1. The average Bonchev–Trinajstić information content (AvgIpc) is 3.07. The summed E-state index contributed by atoms with van der Waals surface area (Å²) < 4.78 is 5.72. The van der Waals surface area contributed by atoms with E-state index in [2.05, 4.69) is 15.6 Å². The van der Waals surface area contributed by atoms with Crippen molar-refractivity contribution in [1.29, 1.82) is 0 Å². The molecule has 0 fully saturated rings. The molecule has 3 aromatic rings. The van der Waals surface area contributed by atoms with Crippen LogP contribution < -0.4 is 15.4 Å². The molecular formula is C20H18ClN3O3S. The Labute approximate surface area is 171 Å². The third-order valence-electron chi connectivity index (χ3n) is 3.69. The van der Waals surface area contributed by atoms with Crippen LogP contribution in [0.3, 0.4) is 0 Å². The molecule has 0 saturated heterocycles. The van der Waals surface area contributed by atoms with Crippen LogP contribution >= 0.6 is 22.9 Å². The van der Waals surface area contributed by atoms with Gasteiger partial charge in [0.2, 0.25) is 5.91 Å². The summed E-state index contributed by atoms with van der Waals surface area (Å²) in [5, 5.41) is 8.65. The number of thiazole rings is 1. The minimum absolute atomic E-state index is 0.197. The maximum absolute atomic E-state index is 12.6. The predicted molar refractivity (Wildman–Crippen MR) is 111 cm³/mol. The highest BCUT2D eigenvalue weighted by molar-refractivity contribution is 7.09. The second-order valence-electron chi connectivity index (χ2n) is 6.00. The van der Waals surface area contributed by atoms with Crippen LogP contribution in [0.4, 0.5) is 11.4 Å². The van der Waals surface area contributed by atoms with Gasteiger partial charge in [0.1, 0.15) is 12.4 Å². The molecule has 3 rings (SSSR count). The lowest BCUT2D eigenvalue weighted by Crippen LogP contribution is -2.13. The van der Waals surface area contributed by atoms with Crippen molar-refractivity contribution in [2.75, 3.05) is 10.6 Å². The summed E-state index contributed by atoms with van der Waals surface area (Å²) in [7, 11) is 0. The summed E-state index contributed by atoms with van der Waals surface area (Å²) in [6.45, 7) is 3.69. The maximum atomic E-state index is 12.6. The molecule has 0 aliphatic carbocycles. The van der Waals surface area contributed by atoms with Crippen LogP contribution in [0.15, 0.2) is 47.8 Å². The fourth-order valence-electron chi connectivity index (χ4n) is 2.45. The Morgan fingerprint density at radius 2 is 2.00 bits per heavy atom. The maximum Gasteiger partial charge on any atom is 0.255 e. The molecule has 0 atom stereocenters. The lowest BCUT2D eigenvalue weighted by atomic mass is 10.2. The number of hydrogen-bond donors (Lipinski definition) is 2. The average molecular weight is 416 g/mol. The molecule has 0 bridgehead atoms. The van der Waals surface area contributed by atoms with Gasteiger partial charge in [0, 0.05) is 23.6 Å². The number of nitrogens with one attached hydrogen (secondary N) is 2. The highest BCUT2D eigenvalue weighted by atomic mass is 35.5. The molecule has 0 aliphatic rings. The van der Waals surface area contributed by atoms with Gasteiger partial charge in [0.25, 0.3) is 5.91 Å². The van der Waals surface area contributed by atoms with E-state index in [9.17, 15) is 9.59 Å². The Bertz CT molecular complexity index is 1020. The molecule has 144 valence electrons. The van der Waals surface area contributed by atoms with Crippen molar-refractivity contribution in [2.45, 2.75) is 20.5 Å². The number of carbonyl (C=O) groups is 2. The number of hydrogen-bond acceptors (Lipinski definition) is 5. The zero-order chi connectivity index (χ0) is 20.1. The van der Waals surface area contributed by atoms with Gasteiger partial charge in [-0.3, -0.25) is 9.59 Å². The number of carbonyl (C=O) groups excluding carboxylic acids is 2. The molecular weight excluding hydrogens is 398 g/mol. The summed E-state index contributed by atoms with van der Waals surface area (Å²) >= 11 is 7.76. The Morgan fingerprint density at radius 1 is 1.18 bits per heavy atom. The Morgan fingerprint density at radius 3 is 2.68 bits per heavy atom. The van der Waals surface area contributed by atoms with E-state index >= 15 is 0 Å². The standard InChI is InChI=1S/C20H18ClN3O3S/c1-12(25)22-15-6-7-19(18(21)9-15)24-20(26)14-4-3-5-17(8-14)27-10-16-11-28-13(2)23-16/h3-9,11H,10H2,1-2H3,(H,22,25)(H,24,26). The van der Waals surface area contributed by atoms with Crippen molar-refractivity contribution >= 4 is 46.1 Å². The molecule has 2 aromatic carbocycles. The summed E-state index contributed by atoms with van der Waals surface area (Å²) in [6.07, 6.45) is 0. The first-order valence-electron chi connectivity index (χ1n) is 8.43. The van der Waals surface area contributed by atoms with Gasteiger partial charge in [0.15, 0.2) is 0 Å². The number of amides is 2. The molecule has 0 radical (unpaired) electrons. The molecule has 1 aromatic heterocycles. The van der Waals surface area contributed by atoms with E-state index in [1.807, 2.05) is 12.3 Å². The van der Waals surface area contributed by atoms with Crippen molar-refractivity contribution in [3.63, 3.8) is 0 Å². The monoisotopic (exact) mass is 415 g/mol. The van der Waals surface area contributed by atoms with E-state index < -0.39 is 0 Å². The number of rotatable bonds is 6. The van der Waals surface area contributed by atoms with Crippen molar-refractivity contribution in [1.82, 2.24) is 4.98 Å². The van der Waals surface area contributed by atoms with Gasteiger partial charge in [-0.1, -0.05) is 17.7 Å². The van der Waals surface area contributed by atoms with Gasteiger partial charge in [-0.2, -0.15) is 0 Å². The summed E-state index contributed by atoms with van der Waals surface area (Å²) in [4.78, 5) is 28.0. The number of nitrogens with zero attached hydrogens (tertiary/aromatic N) is 1. The van der Waals surface area contributed by atoms with Crippen LogP contribution in [-0.4, -0.2) is 16.8 Å². The highest BCUT2D eigenvalue weighted by Crippen LogP contribution is 2.26. The first kappa shape index (κ1) is 19.9. The predicted octanol–water partition coefficient (Wildman–Crippen LogP) is 4.89. The lowest BCUT2D eigenvalue weighted by molar-refractivity contribution is -0.114. The minimum Gasteiger partial charge on any atom is -0.487 e. The molecule has 8 heteroatoms.